The van der Waals surface area contributed by atoms with Crippen molar-refractivity contribution in [2.45, 2.75) is 59.5 Å². The molecule has 1 amide bonds. The molecular formula is C27H32N6O2. The monoisotopic (exact) mass is 472 g/mol. The first kappa shape index (κ1) is 23.1. The van der Waals surface area contributed by atoms with E-state index in [9.17, 15) is 4.79 Å². The molecule has 8 nitrogen and oxygen atoms in total. The number of nitrogens with zero attached hydrogens (tertiary/aromatic N) is 5. The Labute approximate surface area is 205 Å². The summed E-state index contributed by atoms with van der Waals surface area (Å²) in [6, 6.07) is 7.88. The van der Waals surface area contributed by atoms with Crippen LogP contribution in [0.2, 0.25) is 0 Å². The van der Waals surface area contributed by atoms with Crippen molar-refractivity contribution in [3.63, 3.8) is 0 Å². The molecule has 0 atom stereocenters. The lowest BCUT2D eigenvalue weighted by Gasteiger charge is -2.29. The molecule has 1 aliphatic rings. The Balaban J connectivity index is 1.49. The van der Waals surface area contributed by atoms with Crippen LogP contribution in [-0.4, -0.2) is 38.7 Å². The Morgan fingerprint density at radius 3 is 2.69 bits per heavy atom. The summed E-state index contributed by atoms with van der Waals surface area (Å²) < 4.78 is 7.60. The van der Waals surface area contributed by atoms with Gasteiger partial charge in [-0.2, -0.15) is 5.10 Å². The minimum atomic E-state index is -0.159. The second-order valence-electron chi connectivity index (χ2n) is 9.52. The number of amides is 1. The molecule has 8 heteroatoms. The van der Waals surface area contributed by atoms with Gasteiger partial charge >= 0.3 is 0 Å². The highest BCUT2D eigenvalue weighted by atomic mass is 16.3. The standard InChI is InChI=1S/C27H32N6O2/c1-17(2)33-26-23(16-30-33)22(14-24(31-26)21-13-18(3)35-19(21)4)27(34)29-15-20-9-8-10-28-25(20)32-11-6-5-7-12-32/h8-10,13-14,16-17H,5-7,11-12,15H2,1-4H3,(H,29,34). The fraction of sp³-hybridized carbons (Fsp3) is 0.407. The second kappa shape index (κ2) is 9.52. The van der Waals surface area contributed by atoms with E-state index in [1.807, 2.05) is 49.0 Å². The van der Waals surface area contributed by atoms with Crippen molar-refractivity contribution in [3.05, 3.63) is 59.3 Å². The van der Waals surface area contributed by atoms with E-state index in [1.54, 1.807) is 6.20 Å². The van der Waals surface area contributed by atoms with Gasteiger partial charge in [0.2, 0.25) is 0 Å². The quantitative estimate of drug-likeness (QED) is 0.415. The Kier molecular flexibility index (Phi) is 6.28. The average molecular weight is 473 g/mol. The largest absolute Gasteiger partial charge is 0.466 e. The summed E-state index contributed by atoms with van der Waals surface area (Å²) in [5.41, 5.74) is 3.85. The zero-order valence-electron chi connectivity index (χ0n) is 20.8. The number of pyridine rings is 2. The van der Waals surface area contributed by atoms with Crippen LogP contribution in [0.5, 0.6) is 0 Å². The third-order valence-electron chi connectivity index (χ3n) is 6.58. The molecule has 5 rings (SSSR count). The minimum absolute atomic E-state index is 0.112. The van der Waals surface area contributed by atoms with Gasteiger partial charge in [-0.15, -0.1) is 0 Å². The number of nitrogens with one attached hydrogen (secondary N) is 1. The van der Waals surface area contributed by atoms with Gasteiger partial charge in [0.05, 0.1) is 22.8 Å². The second-order valence-corrected chi connectivity index (χ2v) is 9.52. The first-order valence-corrected chi connectivity index (χ1v) is 12.3. The van der Waals surface area contributed by atoms with E-state index < -0.39 is 0 Å². The van der Waals surface area contributed by atoms with Gasteiger partial charge in [-0.1, -0.05) is 6.07 Å². The molecule has 0 unspecified atom stereocenters. The molecule has 5 heterocycles. The first-order valence-electron chi connectivity index (χ1n) is 12.3. The van der Waals surface area contributed by atoms with E-state index >= 15 is 0 Å². The predicted octanol–water partition coefficient (Wildman–Crippen LogP) is 5.20. The molecule has 1 N–H and O–H groups in total. The third kappa shape index (κ3) is 4.52. The smallest absolute Gasteiger partial charge is 0.252 e. The number of rotatable bonds is 6. The Morgan fingerprint density at radius 1 is 1.17 bits per heavy atom. The molecule has 0 saturated carbocycles. The van der Waals surface area contributed by atoms with Crippen LogP contribution in [0.3, 0.4) is 0 Å². The summed E-state index contributed by atoms with van der Waals surface area (Å²) in [6.07, 6.45) is 7.16. The van der Waals surface area contributed by atoms with E-state index in [1.165, 1.54) is 19.3 Å². The van der Waals surface area contributed by atoms with Gasteiger partial charge in [-0.25, -0.2) is 14.6 Å². The summed E-state index contributed by atoms with van der Waals surface area (Å²) in [4.78, 5) is 25.4. The molecule has 4 aromatic rings. The van der Waals surface area contributed by atoms with Crippen molar-refractivity contribution in [3.8, 4) is 11.3 Å². The lowest BCUT2D eigenvalue weighted by atomic mass is 10.1. The van der Waals surface area contributed by atoms with Crippen molar-refractivity contribution in [2.75, 3.05) is 18.0 Å². The Bertz CT molecular complexity index is 1360. The van der Waals surface area contributed by atoms with Gasteiger partial charge in [0.15, 0.2) is 5.65 Å². The van der Waals surface area contributed by atoms with Crippen LogP contribution >= 0.6 is 0 Å². The Morgan fingerprint density at radius 2 is 1.97 bits per heavy atom. The number of hydrogen-bond acceptors (Lipinski definition) is 6. The highest BCUT2D eigenvalue weighted by Gasteiger charge is 2.21. The third-order valence-corrected chi connectivity index (χ3v) is 6.58. The van der Waals surface area contributed by atoms with Crippen LogP contribution in [0, 0.1) is 13.8 Å². The van der Waals surface area contributed by atoms with Crippen LogP contribution in [0.15, 0.2) is 41.1 Å². The molecule has 0 aromatic carbocycles. The van der Waals surface area contributed by atoms with E-state index in [0.29, 0.717) is 23.4 Å². The highest BCUT2D eigenvalue weighted by Crippen LogP contribution is 2.30. The normalized spacial score (nSPS) is 14.1. The van der Waals surface area contributed by atoms with E-state index in [4.69, 9.17) is 9.40 Å². The topological polar surface area (TPSA) is 89.1 Å². The molecule has 0 bridgehead atoms. The summed E-state index contributed by atoms with van der Waals surface area (Å²) in [7, 11) is 0. The number of aryl methyl sites for hydroxylation is 2. The van der Waals surface area contributed by atoms with Gasteiger partial charge in [-0.05, 0) is 65.2 Å². The number of piperidine rings is 1. The van der Waals surface area contributed by atoms with Gasteiger partial charge in [0.25, 0.3) is 5.91 Å². The number of hydrogen-bond donors (Lipinski definition) is 1. The van der Waals surface area contributed by atoms with E-state index in [0.717, 1.165) is 46.9 Å². The fourth-order valence-electron chi connectivity index (χ4n) is 4.84. The summed E-state index contributed by atoms with van der Waals surface area (Å²) in [6.45, 7) is 10.3. The fourth-order valence-corrected chi connectivity index (χ4v) is 4.84. The van der Waals surface area contributed by atoms with Crippen LogP contribution in [0.1, 0.15) is 66.6 Å². The molecule has 1 saturated heterocycles. The zero-order chi connectivity index (χ0) is 24.5. The van der Waals surface area contributed by atoms with Gasteiger partial charge in [0.1, 0.15) is 17.3 Å². The van der Waals surface area contributed by atoms with Crippen LogP contribution in [0.4, 0.5) is 5.82 Å². The maximum atomic E-state index is 13.5. The zero-order valence-corrected chi connectivity index (χ0v) is 20.8. The summed E-state index contributed by atoms with van der Waals surface area (Å²) in [5.74, 6) is 2.39. The summed E-state index contributed by atoms with van der Waals surface area (Å²) in [5, 5.41) is 8.39. The number of anilines is 1. The maximum absolute atomic E-state index is 13.5. The van der Waals surface area contributed by atoms with Crippen molar-refractivity contribution < 1.29 is 9.21 Å². The van der Waals surface area contributed by atoms with Crippen molar-refractivity contribution >= 4 is 22.8 Å². The average Bonchev–Trinajstić information content (AvgIpc) is 3.45. The van der Waals surface area contributed by atoms with Gasteiger partial charge in [-0.3, -0.25) is 4.79 Å². The first-order chi connectivity index (χ1) is 16.9. The van der Waals surface area contributed by atoms with E-state index in [-0.39, 0.29) is 11.9 Å². The number of aromatic nitrogens is 4. The molecular weight excluding hydrogens is 440 g/mol. The number of carbonyl (C=O) groups excluding carboxylic acids is 1. The molecule has 182 valence electrons. The lowest BCUT2D eigenvalue weighted by Crippen LogP contribution is -2.32. The molecule has 1 aliphatic heterocycles. The van der Waals surface area contributed by atoms with Gasteiger partial charge in [0, 0.05) is 43.0 Å². The van der Waals surface area contributed by atoms with Crippen molar-refractivity contribution in [1.82, 2.24) is 25.1 Å². The van der Waals surface area contributed by atoms with E-state index in [2.05, 4.69) is 34.1 Å². The molecule has 35 heavy (non-hydrogen) atoms. The molecule has 0 aliphatic carbocycles. The summed E-state index contributed by atoms with van der Waals surface area (Å²) >= 11 is 0. The SMILES string of the molecule is Cc1cc(-c2cc(C(=O)NCc3cccnc3N3CCCCC3)c3cnn(C(C)C)c3n2)c(C)o1. The predicted molar refractivity (Wildman–Crippen MR) is 137 cm³/mol. The van der Waals surface area contributed by atoms with Crippen LogP contribution < -0.4 is 10.2 Å². The van der Waals surface area contributed by atoms with Gasteiger partial charge < -0.3 is 14.6 Å². The maximum Gasteiger partial charge on any atom is 0.252 e. The van der Waals surface area contributed by atoms with Crippen molar-refractivity contribution in [1.29, 1.82) is 0 Å². The molecule has 0 radical (unpaired) electrons. The number of furan rings is 1. The number of carbonyl (C=O) groups is 1. The van der Waals surface area contributed by atoms with Crippen LogP contribution in [0.25, 0.3) is 22.3 Å². The molecule has 1 fully saturated rings. The molecule has 4 aromatic heterocycles. The highest BCUT2D eigenvalue weighted by molar-refractivity contribution is 6.06. The Hall–Kier alpha value is -3.68. The molecule has 0 spiro atoms. The number of fused-ring (bicyclic) bond motifs is 1. The van der Waals surface area contributed by atoms with Crippen LogP contribution in [-0.2, 0) is 6.54 Å². The minimum Gasteiger partial charge on any atom is -0.466 e. The lowest BCUT2D eigenvalue weighted by molar-refractivity contribution is 0.0952. The van der Waals surface area contributed by atoms with Crippen molar-refractivity contribution in [2.24, 2.45) is 0 Å².